The highest BCUT2D eigenvalue weighted by Gasteiger charge is 2.12. The molecule has 1 rings (SSSR count). The number of ether oxygens (including phenoxy) is 2. The van der Waals surface area contributed by atoms with E-state index in [-0.39, 0.29) is 11.9 Å². The van der Waals surface area contributed by atoms with Gasteiger partial charge in [-0.3, -0.25) is 0 Å². The van der Waals surface area contributed by atoms with Gasteiger partial charge in [-0.2, -0.15) is 0 Å². The Balaban J connectivity index is 2.55. The minimum Gasteiger partial charge on any atom is -0.462 e. The van der Waals surface area contributed by atoms with Crippen molar-refractivity contribution in [1.29, 1.82) is 0 Å². The molecule has 0 saturated carbocycles. The Labute approximate surface area is 132 Å². The van der Waals surface area contributed by atoms with Crippen LogP contribution in [0.15, 0.2) is 24.3 Å². The van der Waals surface area contributed by atoms with E-state index in [0.29, 0.717) is 36.2 Å². The largest absolute Gasteiger partial charge is 0.462 e. The first-order valence-corrected chi connectivity index (χ1v) is 7.92. The van der Waals surface area contributed by atoms with E-state index < -0.39 is 0 Å². The summed E-state index contributed by atoms with van der Waals surface area (Å²) in [5, 5.41) is 0. The Morgan fingerprint density at radius 2 is 1.14 bits per heavy atom. The molecule has 0 aliphatic carbocycles. The van der Waals surface area contributed by atoms with E-state index in [0.717, 1.165) is 12.8 Å². The maximum absolute atomic E-state index is 11.9. The molecule has 0 aliphatic rings. The average molecular weight is 306 g/mol. The maximum Gasteiger partial charge on any atom is 0.338 e. The van der Waals surface area contributed by atoms with Gasteiger partial charge in [-0.15, -0.1) is 0 Å². The van der Waals surface area contributed by atoms with Crippen LogP contribution in [0.25, 0.3) is 0 Å². The van der Waals surface area contributed by atoms with Crippen molar-refractivity contribution in [1.82, 2.24) is 0 Å². The van der Waals surface area contributed by atoms with Crippen molar-refractivity contribution < 1.29 is 19.1 Å². The predicted molar refractivity (Wildman–Crippen MR) is 85.9 cm³/mol. The molecule has 1 aromatic carbocycles. The third kappa shape index (κ3) is 5.88. The fourth-order valence-electron chi connectivity index (χ4n) is 1.58. The van der Waals surface area contributed by atoms with Crippen LogP contribution in [-0.4, -0.2) is 25.2 Å². The van der Waals surface area contributed by atoms with Crippen LogP contribution in [0.2, 0.25) is 0 Å². The number of hydrogen-bond acceptors (Lipinski definition) is 4. The second-order valence-electron chi connectivity index (χ2n) is 5.80. The van der Waals surface area contributed by atoms with Crippen molar-refractivity contribution in [2.24, 2.45) is 11.8 Å². The van der Waals surface area contributed by atoms with Crippen LogP contribution >= 0.6 is 0 Å². The van der Waals surface area contributed by atoms with Gasteiger partial charge in [0, 0.05) is 0 Å². The van der Waals surface area contributed by atoms with E-state index in [1.54, 1.807) is 24.3 Å². The van der Waals surface area contributed by atoms with Crippen LogP contribution in [0.5, 0.6) is 0 Å². The Bertz CT molecular complexity index is 433. The molecule has 0 saturated heterocycles. The lowest BCUT2D eigenvalue weighted by Gasteiger charge is -2.11. The summed E-state index contributed by atoms with van der Waals surface area (Å²) in [6, 6.07) is 6.38. The van der Waals surface area contributed by atoms with Crippen LogP contribution in [0, 0.1) is 11.8 Å². The lowest BCUT2D eigenvalue weighted by atomic mass is 10.1. The number of hydrogen-bond donors (Lipinski definition) is 0. The molecule has 0 fully saturated rings. The molecule has 22 heavy (non-hydrogen) atoms. The number of carbonyl (C=O) groups is 2. The predicted octanol–water partition coefficient (Wildman–Crippen LogP) is 4.09. The molecule has 0 aliphatic heterocycles. The second-order valence-corrected chi connectivity index (χ2v) is 5.80. The topological polar surface area (TPSA) is 52.6 Å². The zero-order valence-electron chi connectivity index (χ0n) is 13.9. The maximum atomic E-state index is 11.9. The van der Waals surface area contributed by atoms with Gasteiger partial charge in [0.2, 0.25) is 0 Å². The Hall–Kier alpha value is -1.84. The molecule has 0 radical (unpaired) electrons. The summed E-state index contributed by atoms with van der Waals surface area (Å²) < 4.78 is 10.4. The third-order valence-electron chi connectivity index (χ3n) is 3.75. The zero-order valence-corrected chi connectivity index (χ0v) is 13.9. The summed E-state index contributed by atoms with van der Waals surface area (Å²) in [6.45, 7) is 8.99. The lowest BCUT2D eigenvalue weighted by Crippen LogP contribution is -2.13. The highest BCUT2D eigenvalue weighted by atomic mass is 16.5. The summed E-state index contributed by atoms with van der Waals surface area (Å²) in [5.41, 5.74) is 0.892. The molecule has 1 aromatic rings. The highest BCUT2D eigenvalue weighted by molar-refractivity contribution is 5.93. The smallest absolute Gasteiger partial charge is 0.338 e. The fourth-order valence-corrected chi connectivity index (χ4v) is 1.58. The van der Waals surface area contributed by atoms with Crippen molar-refractivity contribution in [3.8, 4) is 0 Å². The van der Waals surface area contributed by atoms with Crippen molar-refractivity contribution >= 4 is 11.9 Å². The zero-order chi connectivity index (χ0) is 16.5. The van der Waals surface area contributed by atoms with Gasteiger partial charge in [-0.1, -0.05) is 40.5 Å². The quantitative estimate of drug-likeness (QED) is 0.679. The minimum atomic E-state index is -0.361. The summed E-state index contributed by atoms with van der Waals surface area (Å²) >= 11 is 0. The van der Waals surface area contributed by atoms with Crippen molar-refractivity contribution in [2.75, 3.05) is 13.2 Å². The first-order chi connectivity index (χ1) is 10.5. The number of rotatable bonds is 8. The van der Waals surface area contributed by atoms with Crippen LogP contribution < -0.4 is 0 Å². The van der Waals surface area contributed by atoms with Gasteiger partial charge < -0.3 is 9.47 Å². The number of benzene rings is 1. The molecule has 0 bridgehead atoms. The van der Waals surface area contributed by atoms with Gasteiger partial charge >= 0.3 is 11.9 Å². The van der Waals surface area contributed by atoms with E-state index >= 15 is 0 Å². The van der Waals surface area contributed by atoms with Gasteiger partial charge in [-0.25, -0.2) is 9.59 Å². The highest BCUT2D eigenvalue weighted by Crippen LogP contribution is 2.10. The molecule has 4 nitrogen and oxygen atoms in total. The molecular formula is C18H26O4. The monoisotopic (exact) mass is 306 g/mol. The number of carbonyl (C=O) groups excluding carboxylic acids is 2. The second kappa shape index (κ2) is 9.23. The van der Waals surface area contributed by atoms with Crippen LogP contribution in [0.4, 0.5) is 0 Å². The van der Waals surface area contributed by atoms with E-state index in [1.165, 1.54) is 0 Å². The third-order valence-corrected chi connectivity index (χ3v) is 3.75. The molecule has 4 heteroatoms. The van der Waals surface area contributed by atoms with Gasteiger partial charge in [0.15, 0.2) is 0 Å². The summed E-state index contributed by atoms with van der Waals surface area (Å²) in [4.78, 5) is 23.7. The standard InChI is InChI=1S/C18H26O4/c1-5-13(3)11-21-17(19)15-7-9-16(10-8-15)18(20)22-12-14(4)6-2/h7-10,13-14H,5-6,11-12H2,1-4H3. The first kappa shape index (κ1) is 18.2. The molecule has 0 aromatic heterocycles. The molecule has 0 heterocycles. The lowest BCUT2D eigenvalue weighted by molar-refractivity contribution is 0.0433. The molecule has 122 valence electrons. The Morgan fingerprint density at radius 3 is 1.41 bits per heavy atom. The van der Waals surface area contributed by atoms with E-state index in [1.807, 2.05) is 13.8 Å². The average Bonchev–Trinajstić information content (AvgIpc) is 2.56. The summed E-state index contributed by atoms with van der Waals surface area (Å²) in [6.07, 6.45) is 1.93. The van der Waals surface area contributed by atoms with E-state index in [9.17, 15) is 9.59 Å². The molecular weight excluding hydrogens is 280 g/mol. The molecule has 0 spiro atoms. The van der Waals surface area contributed by atoms with Crippen molar-refractivity contribution in [3.63, 3.8) is 0 Å². The summed E-state index contributed by atoms with van der Waals surface area (Å²) in [5.74, 6) is -0.0304. The molecule has 0 amide bonds. The Kier molecular flexibility index (Phi) is 7.64. The number of esters is 2. The fraction of sp³-hybridized carbons (Fsp3) is 0.556. The van der Waals surface area contributed by atoms with E-state index in [2.05, 4.69) is 13.8 Å². The minimum absolute atomic E-state index is 0.346. The van der Waals surface area contributed by atoms with Gasteiger partial charge in [0.1, 0.15) is 0 Å². The van der Waals surface area contributed by atoms with Crippen LogP contribution in [0.3, 0.4) is 0 Å². The van der Waals surface area contributed by atoms with Gasteiger partial charge in [0.25, 0.3) is 0 Å². The Morgan fingerprint density at radius 1 is 0.818 bits per heavy atom. The van der Waals surface area contributed by atoms with Crippen LogP contribution in [0.1, 0.15) is 61.3 Å². The van der Waals surface area contributed by atoms with Gasteiger partial charge in [0.05, 0.1) is 24.3 Å². The van der Waals surface area contributed by atoms with Crippen molar-refractivity contribution in [3.05, 3.63) is 35.4 Å². The van der Waals surface area contributed by atoms with Crippen LogP contribution in [-0.2, 0) is 9.47 Å². The molecule has 0 N–H and O–H groups in total. The molecule has 2 unspecified atom stereocenters. The molecule has 2 atom stereocenters. The normalized spacial score (nSPS) is 13.3. The van der Waals surface area contributed by atoms with Crippen molar-refractivity contribution in [2.45, 2.75) is 40.5 Å². The summed E-state index contributed by atoms with van der Waals surface area (Å²) in [7, 11) is 0. The SMILES string of the molecule is CCC(C)COC(=O)c1ccc(C(=O)OCC(C)CC)cc1. The van der Waals surface area contributed by atoms with Gasteiger partial charge in [-0.05, 0) is 36.1 Å². The van der Waals surface area contributed by atoms with E-state index in [4.69, 9.17) is 9.47 Å². The first-order valence-electron chi connectivity index (χ1n) is 7.92.